The molecule has 1 aromatic heterocycles. The number of rotatable bonds is 5. The maximum atomic E-state index is 5.21. The van der Waals surface area contributed by atoms with E-state index in [-0.39, 0.29) is 24.0 Å². The molecule has 0 radical (unpaired) electrons. The predicted octanol–water partition coefficient (Wildman–Crippen LogP) is 2.38. The van der Waals surface area contributed by atoms with Crippen LogP contribution in [0.5, 0.6) is 0 Å². The fourth-order valence-corrected chi connectivity index (χ4v) is 2.76. The van der Waals surface area contributed by atoms with Gasteiger partial charge in [-0.05, 0) is 33.6 Å². The van der Waals surface area contributed by atoms with Gasteiger partial charge in [0.1, 0.15) is 6.54 Å². The Kier molecular flexibility index (Phi) is 8.32. The molecule has 23 heavy (non-hydrogen) atoms. The highest BCUT2D eigenvalue weighted by molar-refractivity contribution is 14.0. The number of aryl methyl sites for hydroxylation is 1. The number of hydrogen-bond acceptors (Lipinski definition) is 4. The Morgan fingerprint density at radius 1 is 1.48 bits per heavy atom. The van der Waals surface area contributed by atoms with E-state index in [2.05, 4.69) is 53.4 Å². The molecule has 2 unspecified atom stereocenters. The van der Waals surface area contributed by atoms with E-state index in [1.807, 2.05) is 13.0 Å². The summed E-state index contributed by atoms with van der Waals surface area (Å²) in [6.07, 6.45) is 0. The van der Waals surface area contributed by atoms with Crippen LogP contribution in [0.1, 0.15) is 39.1 Å². The lowest BCUT2D eigenvalue weighted by molar-refractivity contribution is 0.265. The second-order valence-electron chi connectivity index (χ2n) is 6.41. The number of nitrogens with zero attached hydrogens (tertiary/aromatic N) is 3. The minimum atomic E-state index is 0. The first-order chi connectivity index (χ1) is 10.5. The van der Waals surface area contributed by atoms with Gasteiger partial charge in [0.25, 0.3) is 0 Å². The third-order valence-corrected chi connectivity index (χ3v) is 4.11. The maximum absolute atomic E-state index is 5.21. The molecule has 132 valence electrons. The number of guanidine groups is 1. The molecule has 2 rings (SSSR count). The summed E-state index contributed by atoms with van der Waals surface area (Å²) in [6, 6.07) is 2.94. The number of halogens is 1. The highest BCUT2D eigenvalue weighted by atomic mass is 127. The lowest BCUT2D eigenvalue weighted by Crippen LogP contribution is -2.46. The van der Waals surface area contributed by atoms with Crippen molar-refractivity contribution >= 4 is 29.9 Å². The van der Waals surface area contributed by atoms with Crippen LogP contribution < -0.4 is 10.6 Å². The molecule has 2 atom stereocenters. The van der Waals surface area contributed by atoms with Crippen molar-refractivity contribution in [1.82, 2.24) is 20.7 Å². The smallest absolute Gasteiger partial charge is 0.191 e. The molecular formula is C16H30IN5O. The minimum absolute atomic E-state index is 0. The zero-order valence-corrected chi connectivity index (χ0v) is 17.1. The lowest BCUT2D eigenvalue weighted by atomic mass is 10.1. The fourth-order valence-electron chi connectivity index (χ4n) is 2.76. The normalized spacial score (nSPS) is 22.3. The second kappa shape index (κ2) is 9.46. The Morgan fingerprint density at radius 3 is 2.74 bits per heavy atom. The van der Waals surface area contributed by atoms with E-state index in [9.17, 15) is 0 Å². The van der Waals surface area contributed by atoms with Crippen LogP contribution in [0, 0.1) is 12.8 Å². The average molecular weight is 435 g/mol. The third kappa shape index (κ3) is 5.95. The Balaban J connectivity index is 0.00000264. The summed E-state index contributed by atoms with van der Waals surface area (Å²) in [5.41, 5.74) is 0.889. The zero-order valence-electron chi connectivity index (χ0n) is 14.8. The van der Waals surface area contributed by atoms with Gasteiger partial charge < -0.3 is 15.2 Å². The van der Waals surface area contributed by atoms with E-state index in [1.165, 1.54) is 0 Å². The molecule has 0 bridgehead atoms. The Morgan fingerprint density at radius 2 is 2.22 bits per heavy atom. The van der Waals surface area contributed by atoms with Gasteiger partial charge in [0.05, 0.1) is 5.69 Å². The number of aliphatic imine (C=N–C) groups is 1. The van der Waals surface area contributed by atoms with Gasteiger partial charge in [-0.25, -0.2) is 4.99 Å². The quantitative estimate of drug-likeness (QED) is 0.423. The molecule has 1 aliphatic heterocycles. The molecule has 0 amide bonds. The van der Waals surface area contributed by atoms with E-state index >= 15 is 0 Å². The summed E-state index contributed by atoms with van der Waals surface area (Å²) in [4.78, 5) is 7.11. The van der Waals surface area contributed by atoms with Crippen LogP contribution in [0.3, 0.4) is 0 Å². The van der Waals surface area contributed by atoms with Crippen LogP contribution in [0.2, 0.25) is 0 Å². The van der Waals surface area contributed by atoms with Gasteiger partial charge >= 0.3 is 0 Å². The van der Waals surface area contributed by atoms with E-state index in [4.69, 9.17) is 4.52 Å². The maximum Gasteiger partial charge on any atom is 0.191 e. The van der Waals surface area contributed by atoms with E-state index < -0.39 is 0 Å². The van der Waals surface area contributed by atoms with Crippen molar-refractivity contribution in [2.45, 2.75) is 53.2 Å². The van der Waals surface area contributed by atoms with Gasteiger partial charge in [-0.15, -0.1) is 24.0 Å². The number of likely N-dealkylation sites (tertiary alicyclic amines) is 1. The van der Waals surface area contributed by atoms with Crippen molar-refractivity contribution in [2.75, 3.05) is 19.6 Å². The SMILES string of the molecule is CCNC(=NCc1cc(C)no1)NC1CN(C(C)C)CC1C.I. The van der Waals surface area contributed by atoms with Crippen LogP contribution >= 0.6 is 24.0 Å². The largest absolute Gasteiger partial charge is 0.359 e. The molecule has 6 nitrogen and oxygen atoms in total. The van der Waals surface area contributed by atoms with E-state index in [0.717, 1.165) is 37.0 Å². The summed E-state index contributed by atoms with van der Waals surface area (Å²) in [7, 11) is 0. The average Bonchev–Trinajstić information content (AvgIpc) is 3.03. The molecule has 7 heteroatoms. The van der Waals surface area contributed by atoms with Crippen molar-refractivity contribution in [3.8, 4) is 0 Å². The first kappa shape index (κ1) is 20.2. The summed E-state index contributed by atoms with van der Waals surface area (Å²) in [6.45, 7) is 14.3. The molecule has 1 aromatic rings. The first-order valence-corrected chi connectivity index (χ1v) is 8.20. The molecule has 1 saturated heterocycles. The molecule has 2 N–H and O–H groups in total. The van der Waals surface area contributed by atoms with Gasteiger partial charge in [0.2, 0.25) is 0 Å². The van der Waals surface area contributed by atoms with Gasteiger partial charge in [0, 0.05) is 37.8 Å². The van der Waals surface area contributed by atoms with Crippen LogP contribution in [-0.4, -0.2) is 47.7 Å². The fraction of sp³-hybridized carbons (Fsp3) is 0.750. The highest BCUT2D eigenvalue weighted by Gasteiger charge is 2.31. The minimum Gasteiger partial charge on any atom is -0.359 e. The van der Waals surface area contributed by atoms with E-state index in [1.54, 1.807) is 0 Å². The number of aromatic nitrogens is 1. The van der Waals surface area contributed by atoms with E-state index in [0.29, 0.717) is 24.5 Å². The first-order valence-electron chi connectivity index (χ1n) is 8.20. The molecule has 0 aromatic carbocycles. The van der Waals surface area contributed by atoms with Gasteiger partial charge in [-0.1, -0.05) is 12.1 Å². The molecule has 0 spiro atoms. The summed E-state index contributed by atoms with van der Waals surface area (Å²) in [5.74, 6) is 2.25. The molecule has 1 fully saturated rings. The molecule has 0 aliphatic carbocycles. The van der Waals surface area contributed by atoms with Crippen molar-refractivity contribution in [3.05, 3.63) is 17.5 Å². The molecular weight excluding hydrogens is 405 g/mol. The van der Waals surface area contributed by atoms with Gasteiger partial charge in [-0.3, -0.25) is 4.90 Å². The van der Waals surface area contributed by atoms with Crippen LogP contribution in [0.4, 0.5) is 0 Å². The van der Waals surface area contributed by atoms with Crippen LogP contribution in [0.25, 0.3) is 0 Å². The standard InChI is InChI=1S/C16H29N5O.HI/c1-6-17-16(18-8-14-7-13(5)20-22-14)19-15-10-21(11(2)3)9-12(15)4;/h7,11-12,15H,6,8-10H2,1-5H3,(H2,17,18,19);1H. The van der Waals surface area contributed by atoms with Crippen molar-refractivity contribution < 1.29 is 4.52 Å². The van der Waals surface area contributed by atoms with Crippen molar-refractivity contribution in [1.29, 1.82) is 0 Å². The monoisotopic (exact) mass is 435 g/mol. The zero-order chi connectivity index (χ0) is 16.1. The molecule has 0 saturated carbocycles. The Bertz CT molecular complexity index is 502. The lowest BCUT2D eigenvalue weighted by Gasteiger charge is -2.21. The second-order valence-corrected chi connectivity index (χ2v) is 6.41. The molecule has 1 aliphatic rings. The van der Waals surface area contributed by atoms with Crippen LogP contribution in [-0.2, 0) is 6.54 Å². The van der Waals surface area contributed by atoms with Crippen molar-refractivity contribution in [2.24, 2.45) is 10.9 Å². The Hall–Kier alpha value is -0.830. The van der Waals surface area contributed by atoms with Gasteiger partial charge in [0.15, 0.2) is 11.7 Å². The summed E-state index contributed by atoms with van der Waals surface area (Å²) >= 11 is 0. The number of nitrogens with one attached hydrogen (secondary N) is 2. The topological polar surface area (TPSA) is 65.7 Å². The van der Waals surface area contributed by atoms with Crippen molar-refractivity contribution in [3.63, 3.8) is 0 Å². The summed E-state index contributed by atoms with van der Waals surface area (Å²) in [5, 5.41) is 10.8. The van der Waals surface area contributed by atoms with Crippen LogP contribution in [0.15, 0.2) is 15.6 Å². The third-order valence-electron chi connectivity index (χ3n) is 4.11. The van der Waals surface area contributed by atoms with Gasteiger partial charge in [-0.2, -0.15) is 0 Å². The Labute approximate surface area is 156 Å². The predicted molar refractivity (Wildman–Crippen MR) is 104 cm³/mol. The number of hydrogen-bond donors (Lipinski definition) is 2. The highest BCUT2D eigenvalue weighted by Crippen LogP contribution is 2.18. The molecule has 2 heterocycles. The summed E-state index contributed by atoms with van der Waals surface area (Å²) < 4.78 is 5.21.